The van der Waals surface area contributed by atoms with Crippen LogP contribution < -0.4 is 14.8 Å². The lowest BCUT2D eigenvalue weighted by atomic mass is 10.1. The van der Waals surface area contributed by atoms with Gasteiger partial charge in [-0.25, -0.2) is 0 Å². The van der Waals surface area contributed by atoms with Crippen molar-refractivity contribution in [2.24, 2.45) is 0 Å². The largest absolute Gasteiger partial charge is 0.497 e. The van der Waals surface area contributed by atoms with Gasteiger partial charge in [-0.15, -0.1) is 10.2 Å². The Balaban J connectivity index is 1.62. The van der Waals surface area contributed by atoms with E-state index in [1.165, 1.54) is 18.2 Å². The van der Waals surface area contributed by atoms with Gasteiger partial charge in [0.05, 0.1) is 32.0 Å². The van der Waals surface area contributed by atoms with Crippen molar-refractivity contribution in [3.05, 3.63) is 93.8 Å². The molecule has 1 aromatic heterocycles. The van der Waals surface area contributed by atoms with E-state index < -0.39 is 0 Å². The van der Waals surface area contributed by atoms with Gasteiger partial charge in [-0.1, -0.05) is 59.3 Å². The van der Waals surface area contributed by atoms with Gasteiger partial charge in [0.2, 0.25) is 0 Å². The number of halogens is 1. The van der Waals surface area contributed by atoms with Crippen molar-refractivity contribution in [3.63, 3.8) is 0 Å². The second-order valence-electron chi connectivity index (χ2n) is 8.19. The highest BCUT2D eigenvalue weighted by Gasteiger charge is 2.19. The maximum Gasteiger partial charge on any atom is 0.255 e. The van der Waals surface area contributed by atoms with Gasteiger partial charge in [-0.2, -0.15) is 0 Å². The first kappa shape index (κ1) is 25.6. The number of nitrogens with one attached hydrogen (secondary N) is 1. The molecule has 0 aliphatic rings. The average molecular weight is 523 g/mol. The van der Waals surface area contributed by atoms with E-state index in [1.54, 1.807) is 37.1 Å². The predicted octanol–water partition coefficient (Wildman–Crippen LogP) is 5.78. The number of carbonyl (C=O) groups is 1. The molecule has 0 saturated carbocycles. The van der Waals surface area contributed by atoms with Crippen molar-refractivity contribution in [1.82, 2.24) is 20.1 Å². The molecule has 0 fully saturated rings. The van der Waals surface area contributed by atoms with Crippen LogP contribution in [-0.4, -0.2) is 34.9 Å². The first-order chi connectivity index (χ1) is 17.4. The molecule has 0 unspecified atom stereocenters. The Hall–Kier alpha value is -3.49. The normalized spacial score (nSPS) is 10.8. The number of benzene rings is 3. The van der Waals surface area contributed by atoms with E-state index >= 15 is 0 Å². The van der Waals surface area contributed by atoms with Gasteiger partial charge < -0.3 is 14.8 Å². The Morgan fingerprint density at radius 3 is 2.61 bits per heavy atom. The minimum Gasteiger partial charge on any atom is -0.497 e. The van der Waals surface area contributed by atoms with Crippen LogP contribution in [0.25, 0.3) is 5.69 Å². The number of ether oxygens (including phenoxy) is 2. The molecule has 186 valence electrons. The maximum atomic E-state index is 13.0. The summed E-state index contributed by atoms with van der Waals surface area (Å²) >= 11 is 7.92. The predicted molar refractivity (Wildman–Crippen MR) is 143 cm³/mol. The van der Waals surface area contributed by atoms with E-state index in [1.807, 2.05) is 35.8 Å². The molecule has 1 amide bonds. The highest BCUT2D eigenvalue weighted by Crippen LogP contribution is 2.29. The summed E-state index contributed by atoms with van der Waals surface area (Å²) in [6.07, 6.45) is 0. The molecule has 0 aliphatic heterocycles. The number of rotatable bonds is 9. The second kappa shape index (κ2) is 11.5. The van der Waals surface area contributed by atoms with E-state index in [2.05, 4.69) is 40.6 Å². The Bertz CT molecular complexity index is 1390. The van der Waals surface area contributed by atoms with E-state index in [9.17, 15) is 4.79 Å². The number of aromatic nitrogens is 3. The van der Waals surface area contributed by atoms with Crippen molar-refractivity contribution in [2.75, 3.05) is 14.2 Å². The topological polar surface area (TPSA) is 78.3 Å². The summed E-state index contributed by atoms with van der Waals surface area (Å²) in [6, 6.07) is 19.1. The zero-order valence-corrected chi connectivity index (χ0v) is 22.1. The lowest BCUT2D eigenvalue weighted by molar-refractivity contribution is 0.0946. The van der Waals surface area contributed by atoms with Crippen LogP contribution in [0.1, 0.15) is 32.9 Å². The van der Waals surface area contributed by atoms with Crippen molar-refractivity contribution in [1.29, 1.82) is 0 Å². The Morgan fingerprint density at radius 2 is 1.86 bits per heavy atom. The first-order valence-electron chi connectivity index (χ1n) is 11.3. The fraction of sp³-hybridized carbons (Fsp3) is 0.222. The van der Waals surface area contributed by atoms with Gasteiger partial charge >= 0.3 is 0 Å². The molecule has 4 aromatic rings. The second-order valence-corrected chi connectivity index (χ2v) is 9.57. The van der Waals surface area contributed by atoms with Gasteiger partial charge in [-0.3, -0.25) is 9.36 Å². The minimum absolute atomic E-state index is 0.165. The first-order valence-corrected chi connectivity index (χ1v) is 12.7. The van der Waals surface area contributed by atoms with Gasteiger partial charge in [0.25, 0.3) is 5.91 Å². The lowest BCUT2D eigenvalue weighted by Crippen LogP contribution is -2.25. The SMILES string of the molecule is COc1ccc(C(=O)NCc2nnc(SCc3cccc(C)c3)n2-c2cc(Cl)ccc2C)c(OC)c1. The van der Waals surface area contributed by atoms with Crippen molar-refractivity contribution in [3.8, 4) is 17.2 Å². The summed E-state index contributed by atoms with van der Waals surface area (Å²) in [5.41, 5.74) is 4.68. The summed E-state index contributed by atoms with van der Waals surface area (Å²) in [6.45, 7) is 4.24. The summed E-state index contributed by atoms with van der Waals surface area (Å²) in [4.78, 5) is 13.0. The van der Waals surface area contributed by atoms with Crippen LogP contribution in [0, 0.1) is 13.8 Å². The third-order valence-corrected chi connectivity index (χ3v) is 6.86. The zero-order valence-electron chi connectivity index (χ0n) is 20.5. The molecular formula is C27H27ClN4O3S. The number of hydrogen-bond donors (Lipinski definition) is 1. The van der Waals surface area contributed by atoms with E-state index in [0.717, 1.165) is 17.0 Å². The van der Waals surface area contributed by atoms with Crippen LogP contribution >= 0.6 is 23.4 Å². The fourth-order valence-electron chi connectivity index (χ4n) is 3.76. The summed E-state index contributed by atoms with van der Waals surface area (Å²) in [5, 5.41) is 13.1. The number of amides is 1. The molecule has 1 N–H and O–H groups in total. The van der Waals surface area contributed by atoms with Gasteiger partial charge in [0.15, 0.2) is 11.0 Å². The maximum absolute atomic E-state index is 13.0. The molecule has 0 radical (unpaired) electrons. The quantitative estimate of drug-likeness (QED) is 0.281. The zero-order chi connectivity index (χ0) is 25.7. The molecule has 7 nitrogen and oxygen atoms in total. The van der Waals surface area contributed by atoms with Gasteiger partial charge in [0, 0.05) is 16.8 Å². The molecule has 0 atom stereocenters. The van der Waals surface area contributed by atoms with Crippen LogP contribution in [0.15, 0.2) is 65.8 Å². The van der Waals surface area contributed by atoms with Crippen molar-refractivity contribution >= 4 is 29.3 Å². The number of aryl methyl sites for hydroxylation is 2. The number of methoxy groups -OCH3 is 2. The molecule has 9 heteroatoms. The molecule has 0 bridgehead atoms. The fourth-order valence-corrected chi connectivity index (χ4v) is 4.84. The number of hydrogen-bond acceptors (Lipinski definition) is 6. The third-order valence-electron chi connectivity index (χ3n) is 5.62. The van der Waals surface area contributed by atoms with E-state index in [0.29, 0.717) is 33.1 Å². The molecule has 0 spiro atoms. The Labute approximate surface area is 219 Å². The lowest BCUT2D eigenvalue weighted by Gasteiger charge is -2.14. The standard InChI is InChI=1S/C27H27ClN4O3S/c1-17-6-5-7-19(12-17)16-36-27-31-30-25(32(27)23-13-20(28)9-8-18(23)2)15-29-26(33)22-11-10-21(34-3)14-24(22)35-4/h5-14H,15-16H2,1-4H3,(H,29,33). The molecule has 3 aromatic carbocycles. The van der Waals surface area contributed by atoms with Crippen molar-refractivity contribution < 1.29 is 14.3 Å². The van der Waals surface area contributed by atoms with Gasteiger partial charge in [0.1, 0.15) is 11.5 Å². The summed E-state index contributed by atoms with van der Waals surface area (Å²) in [5.74, 6) is 2.06. The highest BCUT2D eigenvalue weighted by atomic mass is 35.5. The highest BCUT2D eigenvalue weighted by molar-refractivity contribution is 7.98. The van der Waals surface area contributed by atoms with Crippen LogP contribution in [-0.2, 0) is 12.3 Å². The third kappa shape index (κ3) is 5.83. The van der Waals surface area contributed by atoms with Crippen LogP contribution in [0.4, 0.5) is 0 Å². The smallest absolute Gasteiger partial charge is 0.255 e. The summed E-state index contributed by atoms with van der Waals surface area (Å²) in [7, 11) is 3.08. The Kier molecular flexibility index (Phi) is 8.18. The molecular weight excluding hydrogens is 496 g/mol. The molecule has 36 heavy (non-hydrogen) atoms. The number of carbonyl (C=O) groups excluding carboxylic acids is 1. The molecule has 0 saturated heterocycles. The monoisotopic (exact) mass is 522 g/mol. The minimum atomic E-state index is -0.291. The molecule has 0 aliphatic carbocycles. The summed E-state index contributed by atoms with van der Waals surface area (Å²) < 4.78 is 12.6. The molecule has 4 rings (SSSR count). The number of nitrogens with zero attached hydrogens (tertiary/aromatic N) is 3. The molecule has 1 heterocycles. The van der Waals surface area contributed by atoms with Gasteiger partial charge in [-0.05, 0) is 49.2 Å². The van der Waals surface area contributed by atoms with Crippen LogP contribution in [0.2, 0.25) is 5.02 Å². The van der Waals surface area contributed by atoms with Crippen LogP contribution in [0.3, 0.4) is 0 Å². The Morgan fingerprint density at radius 1 is 1.03 bits per heavy atom. The van der Waals surface area contributed by atoms with Crippen LogP contribution in [0.5, 0.6) is 11.5 Å². The van der Waals surface area contributed by atoms with E-state index in [4.69, 9.17) is 21.1 Å². The average Bonchev–Trinajstić information content (AvgIpc) is 3.29. The van der Waals surface area contributed by atoms with Crippen molar-refractivity contribution in [2.45, 2.75) is 31.3 Å². The number of thioether (sulfide) groups is 1. The van der Waals surface area contributed by atoms with E-state index in [-0.39, 0.29) is 12.5 Å².